The molecule has 7 heteroatoms. The molecular formula is C37H22N6S. The summed E-state index contributed by atoms with van der Waals surface area (Å²) in [4.78, 5) is 24.6. The Labute approximate surface area is 256 Å². The molecule has 206 valence electrons. The molecule has 0 atom stereocenters. The van der Waals surface area contributed by atoms with E-state index >= 15 is 0 Å². The molecule has 4 aromatic heterocycles. The number of hydrogen-bond acceptors (Lipinski definition) is 6. The van der Waals surface area contributed by atoms with Gasteiger partial charge >= 0.3 is 0 Å². The van der Waals surface area contributed by atoms with Crippen molar-refractivity contribution in [2.75, 3.05) is 0 Å². The Bertz CT molecular complexity index is 2440. The molecule has 0 aliphatic rings. The summed E-state index contributed by atoms with van der Waals surface area (Å²) in [6.45, 7) is 0. The van der Waals surface area contributed by atoms with Crippen molar-refractivity contribution < 1.29 is 0 Å². The lowest BCUT2D eigenvalue weighted by Crippen LogP contribution is -2.01. The molecule has 0 saturated heterocycles. The van der Waals surface area contributed by atoms with Crippen LogP contribution >= 0.6 is 11.3 Å². The van der Waals surface area contributed by atoms with Crippen LogP contribution in [-0.4, -0.2) is 29.5 Å². The van der Waals surface area contributed by atoms with Crippen molar-refractivity contribution in [1.82, 2.24) is 29.5 Å². The highest BCUT2D eigenvalue weighted by Gasteiger charge is 2.17. The van der Waals surface area contributed by atoms with Gasteiger partial charge in [0.15, 0.2) is 17.5 Å². The van der Waals surface area contributed by atoms with Crippen molar-refractivity contribution in [2.24, 2.45) is 0 Å². The van der Waals surface area contributed by atoms with Crippen molar-refractivity contribution in [1.29, 1.82) is 0 Å². The third-order valence-corrected chi connectivity index (χ3v) is 9.08. The van der Waals surface area contributed by atoms with Gasteiger partial charge in [0.2, 0.25) is 0 Å². The van der Waals surface area contributed by atoms with Gasteiger partial charge in [-0.1, -0.05) is 91.0 Å². The first-order valence-corrected chi connectivity index (χ1v) is 15.1. The fourth-order valence-electron chi connectivity index (χ4n) is 5.98. The molecule has 0 fully saturated rings. The van der Waals surface area contributed by atoms with Crippen molar-refractivity contribution in [3.63, 3.8) is 0 Å². The predicted octanol–water partition coefficient (Wildman–Crippen LogP) is 9.13. The van der Waals surface area contributed by atoms with Gasteiger partial charge in [-0.25, -0.2) is 24.9 Å². The minimum atomic E-state index is 0.630. The van der Waals surface area contributed by atoms with Gasteiger partial charge in [-0.15, -0.1) is 11.3 Å². The molecule has 5 aromatic carbocycles. The highest BCUT2D eigenvalue weighted by molar-refractivity contribution is 7.25. The monoisotopic (exact) mass is 582 g/mol. The molecule has 9 aromatic rings. The Morgan fingerprint density at radius 3 is 1.91 bits per heavy atom. The van der Waals surface area contributed by atoms with Gasteiger partial charge in [0.05, 0.1) is 11.0 Å². The molecule has 0 aliphatic heterocycles. The lowest BCUT2D eigenvalue weighted by Gasteiger charge is -2.11. The Kier molecular flexibility index (Phi) is 5.57. The second-order valence-electron chi connectivity index (χ2n) is 10.7. The zero-order chi connectivity index (χ0) is 29.0. The quantitative estimate of drug-likeness (QED) is 0.207. The van der Waals surface area contributed by atoms with E-state index < -0.39 is 0 Å². The first-order valence-electron chi connectivity index (χ1n) is 14.3. The molecule has 0 unspecified atom stereocenters. The second-order valence-corrected chi connectivity index (χ2v) is 11.7. The van der Waals surface area contributed by atoms with Crippen LogP contribution in [0.15, 0.2) is 134 Å². The first kappa shape index (κ1) is 24.8. The summed E-state index contributed by atoms with van der Waals surface area (Å²) in [6, 6.07) is 41.7. The zero-order valence-corrected chi connectivity index (χ0v) is 24.1. The van der Waals surface area contributed by atoms with Gasteiger partial charge in [-0.05, 0) is 30.3 Å². The van der Waals surface area contributed by atoms with E-state index in [0.29, 0.717) is 17.5 Å². The summed E-state index contributed by atoms with van der Waals surface area (Å²) in [5, 5.41) is 4.66. The molecule has 6 nitrogen and oxygen atoms in total. The largest absolute Gasteiger partial charge is 0.309 e. The van der Waals surface area contributed by atoms with Crippen LogP contribution in [0.25, 0.3) is 82.0 Å². The number of thiophene rings is 1. The molecule has 9 rings (SSSR count). The topological polar surface area (TPSA) is 69.4 Å². The molecule has 44 heavy (non-hydrogen) atoms. The van der Waals surface area contributed by atoms with Crippen LogP contribution in [0, 0.1) is 0 Å². The Morgan fingerprint density at radius 2 is 1.16 bits per heavy atom. The number of fused-ring (bicyclic) bond motifs is 6. The number of para-hydroxylation sites is 1. The van der Waals surface area contributed by atoms with Crippen molar-refractivity contribution in [3.05, 3.63) is 134 Å². The van der Waals surface area contributed by atoms with Crippen LogP contribution in [0.4, 0.5) is 0 Å². The van der Waals surface area contributed by atoms with E-state index in [1.807, 2.05) is 66.9 Å². The Hall–Kier alpha value is -5.79. The maximum atomic E-state index is 4.97. The normalized spacial score (nSPS) is 11.6. The van der Waals surface area contributed by atoms with Crippen LogP contribution in [0.3, 0.4) is 0 Å². The second kappa shape index (κ2) is 9.90. The van der Waals surface area contributed by atoms with E-state index in [0.717, 1.165) is 43.6 Å². The molecule has 4 heterocycles. The minimum Gasteiger partial charge on any atom is -0.309 e. The van der Waals surface area contributed by atoms with Crippen LogP contribution < -0.4 is 0 Å². The van der Waals surface area contributed by atoms with E-state index in [9.17, 15) is 0 Å². The van der Waals surface area contributed by atoms with E-state index in [4.69, 9.17) is 15.0 Å². The number of benzene rings is 5. The number of nitrogens with zero attached hydrogens (tertiary/aromatic N) is 6. The average molecular weight is 583 g/mol. The predicted molar refractivity (Wildman–Crippen MR) is 179 cm³/mol. The SMILES string of the molecule is c1ccc(-c2nc(-c3ccccc3)nc(-c3cccc(-n4c5ccccc5c5cc6c(cc54)sc4ncncc46)c3)n2)cc1. The summed E-state index contributed by atoms with van der Waals surface area (Å²) in [6.07, 6.45) is 3.53. The van der Waals surface area contributed by atoms with Crippen LogP contribution in [0.5, 0.6) is 0 Å². The maximum Gasteiger partial charge on any atom is 0.164 e. The van der Waals surface area contributed by atoms with E-state index in [1.54, 1.807) is 17.7 Å². The highest BCUT2D eigenvalue weighted by atomic mass is 32.1. The van der Waals surface area contributed by atoms with Gasteiger partial charge in [0.1, 0.15) is 11.2 Å². The minimum absolute atomic E-state index is 0.630. The molecular weight excluding hydrogens is 561 g/mol. The fraction of sp³-hybridized carbons (Fsp3) is 0. The Balaban J connectivity index is 1.27. The van der Waals surface area contributed by atoms with E-state index in [2.05, 4.69) is 75.2 Å². The van der Waals surface area contributed by atoms with E-state index in [1.165, 1.54) is 20.9 Å². The molecule has 0 amide bonds. The molecule has 0 bridgehead atoms. The summed E-state index contributed by atoms with van der Waals surface area (Å²) in [5.74, 6) is 1.92. The van der Waals surface area contributed by atoms with Crippen LogP contribution in [-0.2, 0) is 0 Å². The summed E-state index contributed by atoms with van der Waals surface area (Å²) in [7, 11) is 0. The number of hydrogen-bond donors (Lipinski definition) is 0. The van der Waals surface area contributed by atoms with Crippen molar-refractivity contribution in [2.45, 2.75) is 0 Å². The summed E-state index contributed by atoms with van der Waals surface area (Å²) in [5.41, 5.74) is 6.14. The smallest absolute Gasteiger partial charge is 0.164 e. The van der Waals surface area contributed by atoms with Crippen LogP contribution in [0.1, 0.15) is 0 Å². The molecule has 0 aliphatic carbocycles. The fourth-order valence-corrected chi connectivity index (χ4v) is 7.01. The van der Waals surface area contributed by atoms with E-state index in [-0.39, 0.29) is 0 Å². The first-order chi connectivity index (χ1) is 21.8. The third kappa shape index (κ3) is 3.98. The summed E-state index contributed by atoms with van der Waals surface area (Å²) < 4.78 is 3.52. The van der Waals surface area contributed by atoms with Gasteiger partial charge in [-0.2, -0.15) is 0 Å². The zero-order valence-electron chi connectivity index (χ0n) is 23.3. The van der Waals surface area contributed by atoms with Gasteiger partial charge in [0, 0.05) is 54.8 Å². The van der Waals surface area contributed by atoms with Gasteiger partial charge < -0.3 is 4.57 Å². The van der Waals surface area contributed by atoms with Crippen molar-refractivity contribution in [3.8, 4) is 39.9 Å². The number of rotatable bonds is 4. The van der Waals surface area contributed by atoms with Gasteiger partial charge in [0.25, 0.3) is 0 Å². The standard InChI is InChI=1S/C37H22N6S/c1-3-10-23(11-4-1)34-40-35(24-12-5-2-6-13-24)42-36(41-34)25-14-9-15-26(18-25)43-31-17-8-7-16-27(31)28-19-29-30-21-38-22-39-37(30)44-33(29)20-32(28)43/h1-22H. The highest BCUT2D eigenvalue weighted by Crippen LogP contribution is 2.40. The average Bonchev–Trinajstić information content (AvgIpc) is 3.62. The van der Waals surface area contributed by atoms with Crippen molar-refractivity contribution >= 4 is 53.4 Å². The molecule has 0 N–H and O–H groups in total. The molecule has 0 spiro atoms. The molecule has 0 radical (unpaired) electrons. The molecule has 0 saturated carbocycles. The Morgan fingerprint density at radius 1 is 0.500 bits per heavy atom. The number of aromatic nitrogens is 6. The van der Waals surface area contributed by atoms with Crippen LogP contribution in [0.2, 0.25) is 0 Å². The lowest BCUT2D eigenvalue weighted by molar-refractivity contribution is 1.07. The third-order valence-electron chi connectivity index (χ3n) is 8.01. The summed E-state index contributed by atoms with van der Waals surface area (Å²) >= 11 is 1.70. The lowest BCUT2D eigenvalue weighted by atomic mass is 10.1. The van der Waals surface area contributed by atoms with Gasteiger partial charge in [-0.3, -0.25) is 0 Å². The maximum absolute atomic E-state index is 4.97.